The maximum Gasteiger partial charge on any atom is 0.331 e. The first-order valence-electron chi connectivity index (χ1n) is 6.55. The molecular formula is C13H21N3O4. The zero-order valence-corrected chi connectivity index (χ0v) is 12.4. The Balaban J connectivity index is 2.88. The van der Waals surface area contributed by atoms with E-state index >= 15 is 0 Å². The van der Waals surface area contributed by atoms with Crippen LogP contribution in [0.1, 0.15) is 34.6 Å². The van der Waals surface area contributed by atoms with Crippen molar-refractivity contribution in [1.82, 2.24) is 15.5 Å². The van der Waals surface area contributed by atoms with Gasteiger partial charge in [0.05, 0.1) is 0 Å². The Morgan fingerprint density at radius 3 is 2.30 bits per heavy atom. The van der Waals surface area contributed by atoms with E-state index in [1.165, 1.54) is 20.8 Å². The molecule has 1 heterocycles. The van der Waals surface area contributed by atoms with Gasteiger partial charge in [-0.1, -0.05) is 13.8 Å². The molecule has 0 bridgehead atoms. The number of hydrogen-bond donors (Lipinski definition) is 2. The zero-order valence-electron chi connectivity index (χ0n) is 12.4. The van der Waals surface area contributed by atoms with Gasteiger partial charge in [-0.25, -0.2) is 4.79 Å². The highest BCUT2D eigenvalue weighted by atomic mass is 16.2. The minimum Gasteiger partial charge on any atom is -0.354 e. The molecule has 112 valence electrons. The lowest BCUT2D eigenvalue weighted by atomic mass is 9.88. The third kappa shape index (κ3) is 2.97. The SMILES string of the molecule is CC(C)CNC(=O)C(C)N1C(=O)NC(=O)C(C)(C)C1=O. The molecule has 20 heavy (non-hydrogen) atoms. The van der Waals surface area contributed by atoms with Gasteiger partial charge >= 0.3 is 6.03 Å². The van der Waals surface area contributed by atoms with E-state index in [1.807, 2.05) is 13.8 Å². The van der Waals surface area contributed by atoms with Crippen LogP contribution in [0, 0.1) is 11.3 Å². The van der Waals surface area contributed by atoms with Crippen molar-refractivity contribution in [2.75, 3.05) is 6.54 Å². The number of carbonyl (C=O) groups excluding carboxylic acids is 4. The van der Waals surface area contributed by atoms with E-state index in [4.69, 9.17) is 0 Å². The Morgan fingerprint density at radius 1 is 1.25 bits per heavy atom. The number of rotatable bonds is 4. The van der Waals surface area contributed by atoms with Crippen molar-refractivity contribution in [3.8, 4) is 0 Å². The third-order valence-electron chi connectivity index (χ3n) is 3.21. The van der Waals surface area contributed by atoms with Crippen LogP contribution < -0.4 is 10.6 Å². The highest BCUT2D eigenvalue weighted by Gasteiger charge is 2.49. The van der Waals surface area contributed by atoms with Crippen LogP contribution in [0.25, 0.3) is 0 Å². The van der Waals surface area contributed by atoms with E-state index in [9.17, 15) is 19.2 Å². The second-order valence-corrected chi connectivity index (χ2v) is 5.87. The van der Waals surface area contributed by atoms with Crippen molar-refractivity contribution in [3.63, 3.8) is 0 Å². The molecule has 0 saturated carbocycles. The highest BCUT2D eigenvalue weighted by Crippen LogP contribution is 2.24. The lowest BCUT2D eigenvalue weighted by Crippen LogP contribution is -2.66. The standard InChI is InChI=1S/C13H21N3O4/c1-7(2)6-14-9(17)8(3)16-11(19)13(4,5)10(18)15-12(16)20/h7-8H,6H2,1-5H3,(H,14,17)(H,15,18,20). The smallest absolute Gasteiger partial charge is 0.331 e. The van der Waals surface area contributed by atoms with Gasteiger partial charge in [-0.3, -0.25) is 24.6 Å². The molecule has 1 fully saturated rings. The molecule has 0 aromatic rings. The van der Waals surface area contributed by atoms with Gasteiger partial charge in [0.15, 0.2) is 0 Å². The predicted octanol–water partition coefficient (Wildman–Crippen LogP) is 0.252. The minimum absolute atomic E-state index is 0.259. The molecule has 0 radical (unpaired) electrons. The summed E-state index contributed by atoms with van der Waals surface area (Å²) in [4.78, 5) is 48.4. The van der Waals surface area contributed by atoms with Crippen LogP contribution in [-0.4, -0.2) is 41.2 Å². The first-order valence-corrected chi connectivity index (χ1v) is 6.55. The molecule has 1 unspecified atom stereocenters. The molecule has 1 aliphatic heterocycles. The van der Waals surface area contributed by atoms with Crippen molar-refractivity contribution >= 4 is 23.8 Å². The number of amides is 5. The van der Waals surface area contributed by atoms with Gasteiger partial charge in [-0.05, 0) is 26.7 Å². The third-order valence-corrected chi connectivity index (χ3v) is 3.21. The predicted molar refractivity (Wildman–Crippen MR) is 71.5 cm³/mol. The topological polar surface area (TPSA) is 95.6 Å². The fourth-order valence-corrected chi connectivity index (χ4v) is 1.73. The molecule has 0 spiro atoms. The summed E-state index contributed by atoms with van der Waals surface area (Å²) in [5.74, 6) is -1.49. The summed E-state index contributed by atoms with van der Waals surface area (Å²) < 4.78 is 0. The Bertz CT molecular complexity index is 457. The summed E-state index contributed by atoms with van der Waals surface area (Å²) >= 11 is 0. The quantitative estimate of drug-likeness (QED) is 0.723. The fraction of sp³-hybridized carbons (Fsp3) is 0.692. The van der Waals surface area contributed by atoms with Crippen molar-refractivity contribution in [2.45, 2.75) is 40.7 Å². The van der Waals surface area contributed by atoms with Crippen molar-refractivity contribution in [2.24, 2.45) is 11.3 Å². The second kappa shape index (κ2) is 5.60. The number of carbonyl (C=O) groups is 4. The number of nitrogens with one attached hydrogen (secondary N) is 2. The molecular weight excluding hydrogens is 262 g/mol. The van der Waals surface area contributed by atoms with Gasteiger partial charge < -0.3 is 5.32 Å². The van der Waals surface area contributed by atoms with Crippen LogP contribution in [0.4, 0.5) is 4.79 Å². The Hall–Kier alpha value is -1.92. The monoisotopic (exact) mass is 283 g/mol. The van der Waals surface area contributed by atoms with Crippen LogP contribution in [0.2, 0.25) is 0 Å². The first kappa shape index (κ1) is 16.1. The summed E-state index contributed by atoms with van der Waals surface area (Å²) in [5, 5.41) is 4.76. The number of nitrogens with zero attached hydrogens (tertiary/aromatic N) is 1. The average Bonchev–Trinajstić information content (AvgIpc) is 2.33. The molecule has 2 N–H and O–H groups in total. The van der Waals surface area contributed by atoms with Crippen molar-refractivity contribution < 1.29 is 19.2 Å². The number of barbiturate groups is 1. The lowest BCUT2D eigenvalue weighted by Gasteiger charge is -2.37. The molecule has 5 amide bonds. The van der Waals surface area contributed by atoms with Gasteiger partial charge in [0.1, 0.15) is 11.5 Å². The number of hydrogen-bond acceptors (Lipinski definition) is 4. The number of imide groups is 2. The Labute approximate surface area is 118 Å². The van der Waals surface area contributed by atoms with Crippen LogP contribution in [0.15, 0.2) is 0 Å². The average molecular weight is 283 g/mol. The van der Waals surface area contributed by atoms with E-state index in [1.54, 1.807) is 0 Å². The normalized spacial score (nSPS) is 19.9. The molecule has 1 atom stereocenters. The number of urea groups is 1. The molecule has 0 aliphatic carbocycles. The van der Waals surface area contributed by atoms with Gasteiger partial charge in [0.25, 0.3) is 0 Å². The summed E-state index contributed by atoms with van der Waals surface area (Å²) in [6, 6.07) is -1.82. The fourth-order valence-electron chi connectivity index (χ4n) is 1.73. The Kier molecular flexibility index (Phi) is 4.52. The maximum atomic E-state index is 12.2. The van der Waals surface area contributed by atoms with Gasteiger partial charge in [-0.15, -0.1) is 0 Å². The van der Waals surface area contributed by atoms with E-state index < -0.39 is 35.2 Å². The van der Waals surface area contributed by atoms with E-state index in [-0.39, 0.29) is 5.92 Å². The van der Waals surface area contributed by atoms with Crippen LogP contribution in [-0.2, 0) is 14.4 Å². The van der Waals surface area contributed by atoms with Gasteiger partial charge in [-0.2, -0.15) is 0 Å². The molecule has 1 saturated heterocycles. The van der Waals surface area contributed by atoms with E-state index in [2.05, 4.69) is 10.6 Å². The Morgan fingerprint density at radius 2 is 1.80 bits per heavy atom. The summed E-state index contributed by atoms with van der Waals surface area (Å²) in [6.07, 6.45) is 0. The molecule has 0 aromatic heterocycles. The molecule has 7 heteroatoms. The second-order valence-electron chi connectivity index (χ2n) is 5.87. The van der Waals surface area contributed by atoms with Crippen LogP contribution in [0.3, 0.4) is 0 Å². The molecule has 1 aliphatic rings. The highest BCUT2D eigenvalue weighted by molar-refractivity contribution is 6.19. The van der Waals surface area contributed by atoms with Crippen molar-refractivity contribution in [1.29, 1.82) is 0 Å². The zero-order chi connectivity index (χ0) is 15.7. The molecule has 1 rings (SSSR count). The van der Waals surface area contributed by atoms with E-state index in [0.29, 0.717) is 6.54 Å². The molecule has 7 nitrogen and oxygen atoms in total. The summed E-state index contributed by atoms with van der Waals surface area (Å²) in [7, 11) is 0. The lowest BCUT2D eigenvalue weighted by molar-refractivity contribution is -0.152. The summed E-state index contributed by atoms with van der Waals surface area (Å²) in [5.41, 5.74) is -1.36. The van der Waals surface area contributed by atoms with Crippen LogP contribution in [0.5, 0.6) is 0 Å². The van der Waals surface area contributed by atoms with Gasteiger partial charge in [0.2, 0.25) is 17.7 Å². The first-order chi connectivity index (χ1) is 9.09. The van der Waals surface area contributed by atoms with E-state index in [0.717, 1.165) is 4.90 Å². The summed E-state index contributed by atoms with van der Waals surface area (Å²) in [6.45, 7) is 8.62. The van der Waals surface area contributed by atoms with Crippen molar-refractivity contribution in [3.05, 3.63) is 0 Å². The van der Waals surface area contributed by atoms with Gasteiger partial charge in [0, 0.05) is 6.54 Å². The largest absolute Gasteiger partial charge is 0.354 e. The van der Waals surface area contributed by atoms with Crippen LogP contribution >= 0.6 is 0 Å². The molecule has 0 aromatic carbocycles. The minimum atomic E-state index is -1.36. The maximum absolute atomic E-state index is 12.2.